The molecule has 1 saturated carbocycles. The molecule has 1 aliphatic rings. The summed E-state index contributed by atoms with van der Waals surface area (Å²) in [7, 11) is 0. The number of fused-ring (bicyclic) bond motifs is 1. The molecule has 6 nitrogen and oxygen atoms in total. The summed E-state index contributed by atoms with van der Waals surface area (Å²) in [6, 6.07) is 5.97. The number of nitrogens with zero attached hydrogens (tertiary/aromatic N) is 3. The lowest BCUT2D eigenvalue weighted by Gasteiger charge is -2.23. The van der Waals surface area contributed by atoms with Gasteiger partial charge in [0.1, 0.15) is 6.04 Å². The number of carboxylic acid groups (broad SMARTS) is 1. The van der Waals surface area contributed by atoms with Gasteiger partial charge in [-0.3, -0.25) is 9.78 Å². The van der Waals surface area contributed by atoms with Gasteiger partial charge in [0, 0.05) is 37.0 Å². The fraction of sp³-hybridized carbons (Fsp3) is 0.375. The summed E-state index contributed by atoms with van der Waals surface area (Å²) in [5, 5.41) is 9.51. The standard InChI is InChI=1S/C24H24F3N3O3/c1-3-29(22(31)15-6-7-15)12-16-11-17(24(25,26)27)8-9-18(16)19-13-30(14(2)23(32)33)20-5-4-10-28-21(19)20/h4-5,8-11,13-15H,3,6-7,12H2,1-2H3,(H,32,33). The average Bonchev–Trinajstić information content (AvgIpc) is 3.56. The van der Waals surface area contributed by atoms with E-state index in [4.69, 9.17) is 0 Å². The van der Waals surface area contributed by atoms with Gasteiger partial charge in [-0.2, -0.15) is 13.2 Å². The molecule has 2 heterocycles. The first-order chi connectivity index (χ1) is 15.6. The van der Waals surface area contributed by atoms with Crippen LogP contribution in [0.3, 0.4) is 0 Å². The molecule has 1 atom stereocenters. The van der Waals surface area contributed by atoms with E-state index < -0.39 is 23.8 Å². The molecule has 4 rings (SSSR count). The molecule has 1 unspecified atom stereocenters. The van der Waals surface area contributed by atoms with Gasteiger partial charge in [-0.05, 0) is 62.1 Å². The predicted octanol–water partition coefficient (Wildman–Crippen LogP) is 5.13. The number of rotatable bonds is 7. The van der Waals surface area contributed by atoms with Crippen molar-refractivity contribution in [1.82, 2.24) is 14.5 Å². The summed E-state index contributed by atoms with van der Waals surface area (Å²) >= 11 is 0. The summed E-state index contributed by atoms with van der Waals surface area (Å²) in [6.07, 6.45) is 0.237. The summed E-state index contributed by atoms with van der Waals surface area (Å²) in [4.78, 5) is 30.3. The lowest BCUT2D eigenvalue weighted by Crippen LogP contribution is -2.31. The molecular weight excluding hydrogens is 435 g/mol. The van der Waals surface area contributed by atoms with Crippen LogP contribution in [-0.4, -0.2) is 38.0 Å². The van der Waals surface area contributed by atoms with E-state index in [1.165, 1.54) is 13.0 Å². The Kier molecular flexibility index (Phi) is 5.90. The molecule has 3 aromatic rings. The fourth-order valence-corrected chi connectivity index (χ4v) is 4.02. The molecule has 1 amide bonds. The monoisotopic (exact) mass is 459 g/mol. The Morgan fingerprint density at radius 2 is 1.97 bits per heavy atom. The zero-order chi connectivity index (χ0) is 23.9. The lowest BCUT2D eigenvalue weighted by molar-refractivity contribution is -0.140. The highest BCUT2D eigenvalue weighted by atomic mass is 19.4. The Labute approximate surface area is 188 Å². The van der Waals surface area contributed by atoms with E-state index in [-0.39, 0.29) is 18.4 Å². The summed E-state index contributed by atoms with van der Waals surface area (Å²) in [5.41, 5.74) is 1.61. The van der Waals surface area contributed by atoms with Crippen LogP contribution in [0.15, 0.2) is 42.7 Å². The van der Waals surface area contributed by atoms with Crippen LogP contribution in [0.1, 0.15) is 43.9 Å². The van der Waals surface area contributed by atoms with Crippen LogP contribution in [0.25, 0.3) is 22.2 Å². The maximum Gasteiger partial charge on any atom is 0.416 e. The number of carbonyl (C=O) groups excluding carboxylic acids is 1. The largest absolute Gasteiger partial charge is 0.480 e. The highest BCUT2D eigenvalue weighted by Gasteiger charge is 2.35. The number of halogens is 3. The zero-order valence-electron chi connectivity index (χ0n) is 18.3. The number of pyridine rings is 1. The number of hydrogen-bond donors (Lipinski definition) is 1. The number of hydrogen-bond acceptors (Lipinski definition) is 3. The van der Waals surface area contributed by atoms with Gasteiger partial charge in [0.25, 0.3) is 0 Å². The number of aliphatic carboxylic acids is 1. The first-order valence-electron chi connectivity index (χ1n) is 10.8. The van der Waals surface area contributed by atoms with E-state index in [1.807, 2.05) is 0 Å². The van der Waals surface area contributed by atoms with Gasteiger partial charge in [-0.1, -0.05) is 6.07 Å². The number of benzene rings is 1. The minimum atomic E-state index is -4.53. The van der Waals surface area contributed by atoms with E-state index in [0.29, 0.717) is 34.3 Å². The van der Waals surface area contributed by atoms with Crippen molar-refractivity contribution in [3.05, 3.63) is 53.9 Å². The van der Waals surface area contributed by atoms with Gasteiger partial charge in [0.05, 0.1) is 16.6 Å². The molecule has 1 fully saturated rings. The van der Waals surface area contributed by atoms with E-state index in [9.17, 15) is 27.9 Å². The zero-order valence-corrected chi connectivity index (χ0v) is 18.3. The maximum atomic E-state index is 13.5. The highest BCUT2D eigenvalue weighted by Crippen LogP contribution is 2.38. The minimum Gasteiger partial charge on any atom is -0.480 e. The van der Waals surface area contributed by atoms with Gasteiger partial charge in [-0.15, -0.1) is 0 Å². The van der Waals surface area contributed by atoms with Crippen molar-refractivity contribution in [2.24, 2.45) is 5.92 Å². The van der Waals surface area contributed by atoms with E-state index >= 15 is 0 Å². The summed E-state index contributed by atoms with van der Waals surface area (Å²) < 4.78 is 42.1. The number of alkyl halides is 3. The Morgan fingerprint density at radius 3 is 2.58 bits per heavy atom. The van der Waals surface area contributed by atoms with E-state index in [0.717, 1.165) is 25.0 Å². The first kappa shape index (κ1) is 22.8. The molecule has 9 heteroatoms. The molecule has 0 aliphatic heterocycles. The van der Waals surface area contributed by atoms with Gasteiger partial charge in [-0.25, -0.2) is 4.79 Å². The molecule has 0 radical (unpaired) electrons. The second-order valence-electron chi connectivity index (χ2n) is 8.33. The van der Waals surface area contributed by atoms with Crippen LogP contribution in [0, 0.1) is 5.92 Å². The quantitative estimate of drug-likeness (QED) is 0.532. The molecule has 0 bridgehead atoms. The van der Waals surface area contributed by atoms with Crippen LogP contribution in [0.2, 0.25) is 0 Å². The van der Waals surface area contributed by atoms with Crippen LogP contribution in [0.4, 0.5) is 13.2 Å². The summed E-state index contributed by atoms with van der Waals surface area (Å²) in [6.45, 7) is 3.73. The van der Waals surface area contributed by atoms with Crippen molar-refractivity contribution in [2.45, 2.75) is 45.5 Å². The molecule has 2 aromatic heterocycles. The minimum absolute atomic E-state index is 0.0269. The maximum absolute atomic E-state index is 13.5. The molecule has 174 valence electrons. The van der Waals surface area contributed by atoms with Crippen LogP contribution in [-0.2, 0) is 22.3 Å². The Morgan fingerprint density at radius 1 is 1.24 bits per heavy atom. The first-order valence-corrected chi connectivity index (χ1v) is 10.8. The Bertz CT molecular complexity index is 1210. The Hall–Kier alpha value is -3.36. The van der Waals surface area contributed by atoms with E-state index in [2.05, 4.69) is 4.98 Å². The van der Waals surface area contributed by atoms with Crippen molar-refractivity contribution in [2.75, 3.05) is 6.54 Å². The third kappa shape index (κ3) is 4.44. The van der Waals surface area contributed by atoms with Crippen molar-refractivity contribution in [1.29, 1.82) is 0 Å². The molecule has 1 aliphatic carbocycles. The molecule has 0 saturated heterocycles. The molecule has 1 N–H and O–H groups in total. The fourth-order valence-electron chi connectivity index (χ4n) is 4.02. The molecular formula is C24H24F3N3O3. The van der Waals surface area contributed by atoms with Crippen LogP contribution in [0.5, 0.6) is 0 Å². The lowest BCUT2D eigenvalue weighted by atomic mass is 9.97. The van der Waals surface area contributed by atoms with Gasteiger partial charge >= 0.3 is 12.1 Å². The van der Waals surface area contributed by atoms with E-state index in [1.54, 1.807) is 40.9 Å². The van der Waals surface area contributed by atoms with Gasteiger partial charge in [0.2, 0.25) is 5.91 Å². The van der Waals surface area contributed by atoms with Crippen molar-refractivity contribution >= 4 is 22.9 Å². The predicted molar refractivity (Wildman–Crippen MR) is 116 cm³/mol. The van der Waals surface area contributed by atoms with Gasteiger partial charge < -0.3 is 14.6 Å². The highest BCUT2D eigenvalue weighted by molar-refractivity contribution is 5.95. The summed E-state index contributed by atoms with van der Waals surface area (Å²) in [5.74, 6) is -1.15. The SMILES string of the molecule is CCN(Cc1cc(C(F)(F)F)ccc1-c1cn(C(C)C(=O)O)c2cccnc12)C(=O)C1CC1. The van der Waals surface area contributed by atoms with Gasteiger partial charge in [0.15, 0.2) is 0 Å². The van der Waals surface area contributed by atoms with Crippen molar-refractivity contribution in [3.8, 4) is 11.1 Å². The second kappa shape index (κ2) is 8.53. The molecule has 1 aromatic carbocycles. The smallest absolute Gasteiger partial charge is 0.416 e. The van der Waals surface area contributed by atoms with Crippen LogP contribution >= 0.6 is 0 Å². The molecule has 33 heavy (non-hydrogen) atoms. The van der Waals surface area contributed by atoms with Crippen molar-refractivity contribution < 1.29 is 27.9 Å². The second-order valence-corrected chi connectivity index (χ2v) is 8.33. The number of aromatic nitrogens is 2. The normalized spacial score (nSPS) is 14.9. The number of carbonyl (C=O) groups is 2. The average molecular weight is 459 g/mol. The Balaban J connectivity index is 1.87. The number of amides is 1. The third-order valence-electron chi connectivity index (χ3n) is 6.07. The topological polar surface area (TPSA) is 75.4 Å². The van der Waals surface area contributed by atoms with Crippen molar-refractivity contribution in [3.63, 3.8) is 0 Å². The number of carboxylic acids is 1. The third-order valence-corrected chi connectivity index (χ3v) is 6.07. The van der Waals surface area contributed by atoms with Crippen LogP contribution < -0.4 is 0 Å². The molecule has 0 spiro atoms.